The van der Waals surface area contributed by atoms with Gasteiger partial charge < -0.3 is 11.5 Å². The molecular weight excluding hydrogens is 210 g/mol. The smallest absolute Gasteiger partial charge is 0.271 e. The molecule has 6 heteroatoms. The lowest BCUT2D eigenvalue weighted by atomic mass is 10.1. The lowest BCUT2D eigenvalue weighted by molar-refractivity contribution is -0.384. The van der Waals surface area contributed by atoms with Crippen molar-refractivity contribution in [2.24, 2.45) is 5.73 Å². The monoisotopic (exact) mass is 223 g/mol. The summed E-state index contributed by atoms with van der Waals surface area (Å²) in [4.78, 5) is 20.6. The molecule has 0 heterocycles. The number of hydrogen-bond donors (Lipinski definition) is 2. The number of anilines is 1. The van der Waals surface area contributed by atoms with Gasteiger partial charge in [-0.2, -0.15) is 0 Å². The fourth-order valence-electron chi connectivity index (χ4n) is 1.42. The van der Waals surface area contributed by atoms with Crippen LogP contribution >= 0.6 is 0 Å². The van der Waals surface area contributed by atoms with E-state index < -0.39 is 4.92 Å². The van der Waals surface area contributed by atoms with E-state index in [0.717, 1.165) is 5.56 Å². The predicted molar refractivity (Wildman–Crippen MR) is 59.6 cm³/mol. The fraction of sp³-hybridized carbons (Fsp3) is 0.300. The Hall–Kier alpha value is -2.11. The van der Waals surface area contributed by atoms with Gasteiger partial charge in [0, 0.05) is 24.2 Å². The number of rotatable bonds is 5. The molecule has 1 aromatic carbocycles. The van der Waals surface area contributed by atoms with E-state index in [1.54, 1.807) is 6.07 Å². The van der Waals surface area contributed by atoms with Crippen LogP contribution in [0.4, 0.5) is 11.4 Å². The minimum Gasteiger partial charge on any atom is -0.399 e. The number of nitrogen functional groups attached to an aromatic ring is 1. The number of amides is 1. The molecule has 0 saturated heterocycles. The van der Waals surface area contributed by atoms with Crippen LogP contribution in [0.5, 0.6) is 0 Å². The number of nitro benzene ring substituents is 1. The minimum absolute atomic E-state index is 0.0333. The third-order valence-electron chi connectivity index (χ3n) is 2.10. The van der Waals surface area contributed by atoms with Crippen molar-refractivity contribution in [3.63, 3.8) is 0 Å². The highest BCUT2D eigenvalue weighted by Crippen LogP contribution is 2.19. The Labute approximate surface area is 92.4 Å². The lowest BCUT2D eigenvalue weighted by Crippen LogP contribution is -2.10. The van der Waals surface area contributed by atoms with Gasteiger partial charge >= 0.3 is 0 Å². The molecule has 0 aliphatic heterocycles. The summed E-state index contributed by atoms with van der Waals surface area (Å²) in [6, 6.07) is 4.42. The maximum Gasteiger partial charge on any atom is 0.271 e. The van der Waals surface area contributed by atoms with E-state index in [1.807, 2.05) is 0 Å². The van der Waals surface area contributed by atoms with Gasteiger partial charge in [0.25, 0.3) is 5.69 Å². The number of primary amides is 1. The second-order valence-corrected chi connectivity index (χ2v) is 3.51. The molecule has 0 spiro atoms. The highest BCUT2D eigenvalue weighted by molar-refractivity contribution is 5.73. The average Bonchev–Trinajstić information content (AvgIpc) is 2.16. The molecule has 0 aliphatic carbocycles. The number of hydrogen-bond acceptors (Lipinski definition) is 4. The molecule has 1 aromatic rings. The molecule has 0 aromatic heterocycles. The van der Waals surface area contributed by atoms with Crippen molar-refractivity contribution in [1.29, 1.82) is 0 Å². The summed E-state index contributed by atoms with van der Waals surface area (Å²) < 4.78 is 0. The number of aryl methyl sites for hydroxylation is 1. The first kappa shape index (κ1) is 12.0. The normalized spacial score (nSPS) is 10.0. The van der Waals surface area contributed by atoms with E-state index in [0.29, 0.717) is 18.5 Å². The molecule has 4 N–H and O–H groups in total. The summed E-state index contributed by atoms with van der Waals surface area (Å²) >= 11 is 0. The standard InChI is InChI=1S/C10H13N3O3/c11-8-4-7(2-1-3-10(12)14)5-9(6-8)13(15)16/h4-6H,1-3,11H2,(H2,12,14). The zero-order chi connectivity index (χ0) is 12.1. The van der Waals surface area contributed by atoms with Gasteiger partial charge in [0.05, 0.1) is 4.92 Å². The largest absolute Gasteiger partial charge is 0.399 e. The van der Waals surface area contributed by atoms with Crippen LogP contribution in [0.1, 0.15) is 18.4 Å². The summed E-state index contributed by atoms with van der Waals surface area (Å²) in [6.07, 6.45) is 1.38. The Morgan fingerprint density at radius 3 is 2.62 bits per heavy atom. The molecule has 16 heavy (non-hydrogen) atoms. The summed E-state index contributed by atoms with van der Waals surface area (Å²) in [5.74, 6) is -0.376. The van der Waals surface area contributed by atoms with Crippen LogP contribution in [0.2, 0.25) is 0 Å². The molecule has 86 valence electrons. The molecule has 0 bridgehead atoms. The molecule has 0 fully saturated rings. The van der Waals surface area contributed by atoms with Crippen LogP contribution in [0.15, 0.2) is 18.2 Å². The third-order valence-corrected chi connectivity index (χ3v) is 2.10. The molecule has 0 unspecified atom stereocenters. The van der Waals surface area contributed by atoms with Crippen molar-refractivity contribution in [2.45, 2.75) is 19.3 Å². The Bertz CT molecular complexity index is 418. The maximum atomic E-state index is 10.6. The van der Waals surface area contributed by atoms with Gasteiger partial charge in [-0.05, 0) is 24.5 Å². The molecule has 0 atom stereocenters. The van der Waals surface area contributed by atoms with E-state index in [4.69, 9.17) is 11.5 Å². The molecule has 6 nitrogen and oxygen atoms in total. The topological polar surface area (TPSA) is 112 Å². The van der Waals surface area contributed by atoms with Crippen molar-refractivity contribution < 1.29 is 9.72 Å². The Kier molecular flexibility index (Phi) is 3.82. The number of carbonyl (C=O) groups is 1. The zero-order valence-electron chi connectivity index (χ0n) is 8.68. The first-order chi connectivity index (χ1) is 7.49. The third kappa shape index (κ3) is 3.56. The van der Waals surface area contributed by atoms with Crippen molar-refractivity contribution in [3.8, 4) is 0 Å². The van der Waals surface area contributed by atoms with Crippen molar-refractivity contribution in [2.75, 3.05) is 5.73 Å². The van der Waals surface area contributed by atoms with E-state index in [1.165, 1.54) is 12.1 Å². The molecule has 0 radical (unpaired) electrons. The average molecular weight is 223 g/mol. The van der Waals surface area contributed by atoms with Gasteiger partial charge in [-0.1, -0.05) is 0 Å². The van der Waals surface area contributed by atoms with E-state index in [-0.39, 0.29) is 18.0 Å². The number of benzene rings is 1. The molecule has 0 aliphatic rings. The number of nitrogens with two attached hydrogens (primary N) is 2. The van der Waals surface area contributed by atoms with Gasteiger partial charge in [0.1, 0.15) is 0 Å². The Morgan fingerprint density at radius 1 is 1.38 bits per heavy atom. The molecule has 0 saturated carbocycles. The highest BCUT2D eigenvalue weighted by atomic mass is 16.6. The molecular formula is C10H13N3O3. The van der Waals surface area contributed by atoms with Gasteiger partial charge in [-0.15, -0.1) is 0 Å². The zero-order valence-corrected chi connectivity index (χ0v) is 8.68. The van der Waals surface area contributed by atoms with E-state index >= 15 is 0 Å². The van der Waals surface area contributed by atoms with E-state index in [9.17, 15) is 14.9 Å². The van der Waals surface area contributed by atoms with Crippen molar-refractivity contribution in [3.05, 3.63) is 33.9 Å². The quantitative estimate of drug-likeness (QED) is 0.440. The van der Waals surface area contributed by atoms with Crippen LogP contribution in [0.3, 0.4) is 0 Å². The first-order valence-corrected chi connectivity index (χ1v) is 4.81. The predicted octanol–water partition coefficient (Wildman–Crippen LogP) is 0.985. The number of non-ortho nitro benzene ring substituents is 1. The Morgan fingerprint density at radius 2 is 2.06 bits per heavy atom. The van der Waals surface area contributed by atoms with Gasteiger partial charge in [-0.25, -0.2) is 0 Å². The van der Waals surface area contributed by atoms with Crippen LogP contribution in [0, 0.1) is 10.1 Å². The molecule has 1 amide bonds. The minimum atomic E-state index is -0.492. The fourth-order valence-corrected chi connectivity index (χ4v) is 1.42. The van der Waals surface area contributed by atoms with Crippen LogP contribution < -0.4 is 11.5 Å². The summed E-state index contributed by atoms with van der Waals surface area (Å²) in [5, 5.41) is 10.6. The van der Waals surface area contributed by atoms with Gasteiger partial charge in [-0.3, -0.25) is 14.9 Å². The van der Waals surface area contributed by atoms with Gasteiger partial charge in [0.15, 0.2) is 0 Å². The number of nitrogens with zero attached hydrogens (tertiary/aromatic N) is 1. The summed E-state index contributed by atoms with van der Waals surface area (Å²) in [7, 11) is 0. The highest BCUT2D eigenvalue weighted by Gasteiger charge is 2.08. The van der Waals surface area contributed by atoms with Crippen molar-refractivity contribution >= 4 is 17.3 Å². The summed E-state index contributed by atoms with van der Waals surface area (Å²) in [6.45, 7) is 0. The second-order valence-electron chi connectivity index (χ2n) is 3.51. The maximum absolute atomic E-state index is 10.6. The first-order valence-electron chi connectivity index (χ1n) is 4.81. The second kappa shape index (κ2) is 5.11. The number of nitro groups is 1. The van der Waals surface area contributed by atoms with E-state index in [2.05, 4.69) is 0 Å². The van der Waals surface area contributed by atoms with Gasteiger partial charge in [0.2, 0.25) is 5.91 Å². The van der Waals surface area contributed by atoms with Crippen LogP contribution in [-0.4, -0.2) is 10.8 Å². The van der Waals surface area contributed by atoms with Crippen LogP contribution in [0.25, 0.3) is 0 Å². The SMILES string of the molecule is NC(=O)CCCc1cc(N)cc([N+](=O)[O-])c1. The Balaban J connectivity index is 2.72. The van der Waals surface area contributed by atoms with Crippen LogP contribution in [-0.2, 0) is 11.2 Å². The van der Waals surface area contributed by atoms with Crippen molar-refractivity contribution in [1.82, 2.24) is 0 Å². The molecule has 1 rings (SSSR count). The lowest BCUT2D eigenvalue weighted by Gasteiger charge is -2.02. The number of carbonyl (C=O) groups excluding carboxylic acids is 1. The summed E-state index contributed by atoms with van der Waals surface area (Å²) in [5.41, 5.74) is 11.6.